The largest absolute Gasteiger partial charge is 0.478 e. The molecule has 2 aromatic heterocycles. The van der Waals surface area contributed by atoms with Crippen molar-refractivity contribution < 1.29 is 54.9 Å². The zero-order valence-electron chi connectivity index (χ0n) is 41.5. The van der Waals surface area contributed by atoms with Gasteiger partial charge in [0.15, 0.2) is 0 Å². The van der Waals surface area contributed by atoms with E-state index >= 15 is 0 Å². The Morgan fingerprint density at radius 3 is 1.38 bits per heavy atom. The summed E-state index contributed by atoms with van der Waals surface area (Å²) in [5.74, 6) is -2.99. The van der Waals surface area contributed by atoms with Crippen LogP contribution in [-0.2, 0) is 50.7 Å². The van der Waals surface area contributed by atoms with Crippen LogP contribution >= 0.6 is 12.4 Å². The number of ether oxygens (including phenoxy) is 1. The molecular weight excluding hydrogens is 994 g/mol. The van der Waals surface area contributed by atoms with E-state index in [1.807, 2.05) is 13.8 Å². The molecule has 16 nitrogen and oxygen atoms in total. The number of nitrogens with two attached hydrogens (primary N) is 1. The molecule has 0 saturated heterocycles. The van der Waals surface area contributed by atoms with Crippen molar-refractivity contribution in [2.24, 2.45) is 5.73 Å². The van der Waals surface area contributed by atoms with E-state index in [-0.39, 0.29) is 65.3 Å². The van der Waals surface area contributed by atoms with Crippen LogP contribution in [0.3, 0.4) is 0 Å². The molecule has 0 aliphatic rings. The number of nitrogens with one attached hydrogen (secondary N) is 1. The van der Waals surface area contributed by atoms with Gasteiger partial charge in [-0.05, 0) is 143 Å². The fraction of sp³-hybridized carbons (Fsp3) is 0.314. The number of fused-ring (bicyclic) bond motifs is 2. The predicted octanol–water partition coefficient (Wildman–Crippen LogP) is 8.59. The number of carboxylic acids is 2. The molecule has 72 heavy (non-hydrogen) atoms. The first-order valence-corrected chi connectivity index (χ1v) is 25.1. The molecule has 6 aromatic rings. The lowest BCUT2D eigenvalue weighted by Gasteiger charge is -2.19. The third kappa shape index (κ3) is 14.0. The van der Waals surface area contributed by atoms with E-state index in [1.165, 1.54) is 64.6 Å². The van der Waals surface area contributed by atoms with E-state index in [4.69, 9.17) is 10.5 Å². The minimum Gasteiger partial charge on any atom is -0.478 e. The number of hydrogen-bond donors (Lipinski definition) is 4. The van der Waals surface area contributed by atoms with Gasteiger partial charge in [0, 0.05) is 74.5 Å². The van der Waals surface area contributed by atoms with Gasteiger partial charge < -0.3 is 35.1 Å². The number of nitrogens with zero attached hydrogens (tertiary/aromatic N) is 4. The number of carboxylic acid groups (broad SMARTS) is 2. The number of carbonyl (C=O) groups excluding carboxylic acids is 1. The summed E-state index contributed by atoms with van der Waals surface area (Å²) in [6.07, 6.45) is 2.72. The SMILES string of the molecule is Cc1c(Cc2ccc(S(=O)(=O)N(C)C)cc2)c2cc(C(=O)O)ccc2n1C/C(F)=C/CN.Cc1c(Cc2ccc(S(=O)(=O)N(C)C)cc2)c2cc(C(=O)O)ccc2n1C/C(F)=C/CNC(=O)OC(C)(C)C.Cl. The van der Waals surface area contributed by atoms with Gasteiger partial charge in [-0.1, -0.05) is 24.3 Å². The molecule has 0 bridgehead atoms. The highest BCUT2D eigenvalue weighted by molar-refractivity contribution is 7.89. The van der Waals surface area contributed by atoms with Crippen molar-refractivity contribution in [2.75, 3.05) is 41.3 Å². The van der Waals surface area contributed by atoms with Crippen LogP contribution in [0.25, 0.3) is 21.8 Å². The third-order valence-electron chi connectivity index (χ3n) is 11.5. The molecule has 0 radical (unpaired) electrons. The number of amides is 1. The quantitative estimate of drug-likeness (QED) is 0.0677. The number of carbonyl (C=O) groups is 3. The summed E-state index contributed by atoms with van der Waals surface area (Å²) in [4.78, 5) is 35.3. The molecule has 21 heteroatoms. The van der Waals surface area contributed by atoms with Gasteiger partial charge in [-0.25, -0.2) is 48.6 Å². The molecule has 0 atom stereocenters. The van der Waals surface area contributed by atoms with E-state index in [1.54, 1.807) is 90.6 Å². The molecule has 1 amide bonds. The average molecular weight is 1060 g/mol. The van der Waals surface area contributed by atoms with Crippen molar-refractivity contribution in [3.63, 3.8) is 0 Å². The zero-order valence-corrected chi connectivity index (χ0v) is 43.9. The number of aromatic carboxylic acids is 2. The van der Waals surface area contributed by atoms with Gasteiger partial charge in [-0.2, -0.15) is 0 Å². The van der Waals surface area contributed by atoms with Gasteiger partial charge in [0.05, 0.1) is 34.0 Å². The summed E-state index contributed by atoms with van der Waals surface area (Å²) in [5.41, 5.74) is 11.2. The molecule has 2 heterocycles. The fourth-order valence-corrected chi connectivity index (χ4v) is 9.53. The monoisotopic (exact) mass is 1050 g/mol. The van der Waals surface area contributed by atoms with Crippen LogP contribution in [0, 0.1) is 13.8 Å². The van der Waals surface area contributed by atoms with E-state index in [9.17, 15) is 50.2 Å². The van der Waals surface area contributed by atoms with Gasteiger partial charge in [0.2, 0.25) is 20.0 Å². The maximum absolute atomic E-state index is 14.9. The van der Waals surface area contributed by atoms with Gasteiger partial charge in [0.1, 0.15) is 17.3 Å². The molecule has 0 aliphatic heterocycles. The third-order valence-corrected chi connectivity index (χ3v) is 15.2. The van der Waals surface area contributed by atoms with Gasteiger partial charge >= 0.3 is 18.0 Å². The van der Waals surface area contributed by atoms with Gasteiger partial charge in [0.25, 0.3) is 0 Å². The predicted molar refractivity (Wildman–Crippen MR) is 276 cm³/mol. The van der Waals surface area contributed by atoms with Crippen molar-refractivity contribution in [1.82, 2.24) is 23.1 Å². The minimum absolute atomic E-state index is 0. The second-order valence-corrected chi connectivity index (χ2v) is 22.3. The van der Waals surface area contributed by atoms with E-state index < -0.39 is 49.5 Å². The Labute approximate surface area is 424 Å². The number of sulfonamides is 2. The van der Waals surface area contributed by atoms with Crippen molar-refractivity contribution in [2.45, 2.75) is 75.9 Å². The van der Waals surface area contributed by atoms with Crippen molar-refractivity contribution in [1.29, 1.82) is 0 Å². The van der Waals surface area contributed by atoms with Crippen LogP contribution in [0.5, 0.6) is 0 Å². The van der Waals surface area contributed by atoms with Crippen LogP contribution in [0.2, 0.25) is 0 Å². The van der Waals surface area contributed by atoms with Crippen molar-refractivity contribution in [3.05, 3.63) is 154 Å². The summed E-state index contributed by atoms with van der Waals surface area (Å²) < 4.78 is 89.6. The standard InChI is InChI=1S/C28H34FN3O6S.C23H26FN3O4S.ClH/c1-18-23(15-19-7-10-22(11-8-19)39(36,37)31(5)6)24-16-20(26(33)34)9-12-25(24)32(18)17-21(29)13-14-30-27(35)38-28(2,3)4;1-15-20(12-16-4-7-19(8-5-16)32(30,31)26(2)3)21-13-17(23(28)29)6-9-22(21)27(15)14-18(24)10-11-25;/h7-13,16H,14-15,17H2,1-6H3,(H,30,35)(H,33,34);4-10,13H,11-12,14,25H2,1-3H3,(H,28,29);1H/b21-13-;18-10-;. The highest BCUT2D eigenvalue weighted by Crippen LogP contribution is 2.32. The average Bonchev–Trinajstić information content (AvgIpc) is 3.69. The summed E-state index contributed by atoms with van der Waals surface area (Å²) in [6, 6.07) is 22.5. The highest BCUT2D eigenvalue weighted by atomic mass is 35.5. The topological polar surface area (TPSA) is 224 Å². The number of alkyl carbamates (subject to hydrolysis) is 1. The lowest BCUT2D eigenvalue weighted by molar-refractivity contribution is 0.0532. The lowest BCUT2D eigenvalue weighted by atomic mass is 10.0. The molecule has 0 aliphatic carbocycles. The van der Waals surface area contributed by atoms with E-state index in [0.717, 1.165) is 47.8 Å². The number of halogens is 3. The van der Waals surface area contributed by atoms with E-state index in [0.29, 0.717) is 29.1 Å². The molecule has 4 aromatic carbocycles. The minimum atomic E-state index is -3.57. The van der Waals surface area contributed by atoms with Crippen LogP contribution < -0.4 is 11.1 Å². The molecule has 0 saturated carbocycles. The second kappa shape index (κ2) is 23.9. The Kier molecular flexibility index (Phi) is 19.3. The molecule has 6 rings (SSSR count). The number of allylic oxidation sites excluding steroid dienone is 2. The lowest BCUT2D eigenvalue weighted by Crippen LogP contribution is -2.32. The van der Waals surface area contributed by atoms with Crippen LogP contribution in [-0.4, -0.2) is 110 Å². The maximum Gasteiger partial charge on any atom is 0.407 e. The Bertz CT molecular complexity index is 3250. The normalized spacial score (nSPS) is 12.5. The zero-order chi connectivity index (χ0) is 52.7. The van der Waals surface area contributed by atoms with Crippen LogP contribution in [0.1, 0.15) is 75.1 Å². The first-order valence-electron chi connectivity index (χ1n) is 22.2. The van der Waals surface area contributed by atoms with E-state index in [2.05, 4.69) is 5.32 Å². The first kappa shape index (κ1) is 58.2. The fourth-order valence-electron chi connectivity index (χ4n) is 7.73. The molecule has 0 fully saturated rings. The molecule has 0 spiro atoms. The van der Waals surface area contributed by atoms with Crippen LogP contribution in [0.15, 0.2) is 119 Å². The van der Waals surface area contributed by atoms with Crippen LogP contribution in [0.4, 0.5) is 13.6 Å². The first-order chi connectivity index (χ1) is 33.2. The number of rotatable bonds is 17. The smallest absolute Gasteiger partial charge is 0.407 e. The van der Waals surface area contributed by atoms with Crippen molar-refractivity contribution in [3.8, 4) is 0 Å². The summed E-state index contributed by atoms with van der Waals surface area (Å²) in [7, 11) is -1.24. The second-order valence-electron chi connectivity index (χ2n) is 18.0. The Morgan fingerprint density at radius 2 is 1.04 bits per heavy atom. The molecule has 0 unspecified atom stereocenters. The maximum atomic E-state index is 14.9. The Balaban J connectivity index is 0.000000314. The number of aromatic nitrogens is 2. The molecular formula is C51H61ClF2N6O10S2. The Morgan fingerprint density at radius 1 is 0.667 bits per heavy atom. The van der Waals surface area contributed by atoms with Gasteiger partial charge in [-0.15, -0.1) is 12.4 Å². The number of benzene rings is 4. The highest BCUT2D eigenvalue weighted by Gasteiger charge is 2.22. The molecule has 5 N–H and O–H groups in total. The number of hydrogen-bond acceptors (Lipinski definition) is 9. The molecule has 388 valence electrons. The Hall–Kier alpha value is -6.42. The van der Waals surface area contributed by atoms with Gasteiger partial charge in [-0.3, -0.25) is 0 Å². The summed E-state index contributed by atoms with van der Waals surface area (Å²) >= 11 is 0. The summed E-state index contributed by atoms with van der Waals surface area (Å²) in [5, 5.41) is 22.8. The summed E-state index contributed by atoms with van der Waals surface area (Å²) in [6.45, 7) is 8.78. The van der Waals surface area contributed by atoms with Crippen molar-refractivity contribution >= 4 is 72.3 Å².